The van der Waals surface area contributed by atoms with E-state index in [-0.39, 0.29) is 11.3 Å². The van der Waals surface area contributed by atoms with Crippen LogP contribution < -0.4 is 14.8 Å². The minimum atomic E-state index is -3.88. The van der Waals surface area contributed by atoms with E-state index in [4.69, 9.17) is 4.74 Å². The van der Waals surface area contributed by atoms with Gasteiger partial charge in [-0.2, -0.15) is 4.72 Å². The Morgan fingerprint density at radius 3 is 2.17 bits per heavy atom. The summed E-state index contributed by atoms with van der Waals surface area (Å²) in [4.78, 5) is 13.1. The SMILES string of the molecule is COc1ccc(NC(=O)[C@H](Cc2ccccc2)NS(=O)(=O)c2ccc(C)cc2)cc1. The van der Waals surface area contributed by atoms with E-state index >= 15 is 0 Å². The molecule has 1 amide bonds. The van der Waals surface area contributed by atoms with E-state index in [9.17, 15) is 13.2 Å². The number of benzene rings is 3. The molecule has 3 aromatic rings. The van der Waals surface area contributed by atoms with Crippen molar-refractivity contribution in [2.24, 2.45) is 0 Å². The normalized spacial score (nSPS) is 12.2. The zero-order chi connectivity index (χ0) is 21.6. The van der Waals surface area contributed by atoms with Gasteiger partial charge < -0.3 is 10.1 Å². The molecule has 0 saturated carbocycles. The molecule has 3 aromatic carbocycles. The van der Waals surface area contributed by atoms with Crippen LogP contribution in [0.5, 0.6) is 5.75 Å². The molecule has 0 aliphatic carbocycles. The Morgan fingerprint density at radius 1 is 0.933 bits per heavy atom. The lowest BCUT2D eigenvalue weighted by Crippen LogP contribution is -2.45. The first-order valence-electron chi connectivity index (χ1n) is 9.45. The number of carbonyl (C=O) groups excluding carboxylic acids is 1. The third kappa shape index (κ3) is 5.68. The molecule has 0 aliphatic rings. The Hall–Kier alpha value is -3.16. The summed E-state index contributed by atoms with van der Waals surface area (Å²) in [6, 6.07) is 21.6. The molecular weight excluding hydrogens is 400 g/mol. The van der Waals surface area contributed by atoms with E-state index in [1.807, 2.05) is 37.3 Å². The lowest BCUT2D eigenvalue weighted by molar-refractivity contribution is -0.117. The van der Waals surface area contributed by atoms with Gasteiger partial charge in [-0.25, -0.2) is 8.42 Å². The first kappa shape index (κ1) is 21.5. The highest BCUT2D eigenvalue weighted by molar-refractivity contribution is 7.89. The maximum Gasteiger partial charge on any atom is 0.242 e. The number of ether oxygens (including phenoxy) is 1. The molecule has 0 aromatic heterocycles. The third-order valence-corrected chi connectivity index (χ3v) is 6.07. The first-order chi connectivity index (χ1) is 14.4. The molecular formula is C23H24N2O4S. The summed E-state index contributed by atoms with van der Waals surface area (Å²) in [5, 5.41) is 2.78. The molecule has 1 atom stereocenters. The van der Waals surface area contributed by atoms with Gasteiger partial charge in [0.2, 0.25) is 15.9 Å². The van der Waals surface area contributed by atoms with Gasteiger partial charge >= 0.3 is 0 Å². The maximum absolute atomic E-state index is 13.0. The molecule has 2 N–H and O–H groups in total. The molecule has 0 saturated heterocycles. The second kappa shape index (κ2) is 9.56. The van der Waals surface area contributed by atoms with Crippen LogP contribution in [0, 0.1) is 6.92 Å². The minimum absolute atomic E-state index is 0.114. The van der Waals surface area contributed by atoms with Gasteiger partial charge in [-0.1, -0.05) is 48.0 Å². The number of aryl methyl sites for hydroxylation is 1. The molecule has 0 aliphatic heterocycles. The molecule has 156 valence electrons. The number of nitrogens with one attached hydrogen (secondary N) is 2. The van der Waals surface area contributed by atoms with Crippen molar-refractivity contribution in [1.82, 2.24) is 4.72 Å². The van der Waals surface area contributed by atoms with Gasteiger partial charge in [0.15, 0.2) is 0 Å². The molecule has 0 bridgehead atoms. The molecule has 0 unspecified atom stereocenters. The van der Waals surface area contributed by atoms with E-state index in [1.165, 1.54) is 12.1 Å². The van der Waals surface area contributed by atoms with E-state index in [2.05, 4.69) is 10.0 Å². The van der Waals surface area contributed by atoms with Gasteiger partial charge in [-0.3, -0.25) is 4.79 Å². The second-order valence-corrected chi connectivity index (χ2v) is 8.61. The topological polar surface area (TPSA) is 84.5 Å². The van der Waals surface area contributed by atoms with Gasteiger partial charge in [0, 0.05) is 5.69 Å². The average Bonchev–Trinajstić information content (AvgIpc) is 2.74. The van der Waals surface area contributed by atoms with Crippen LogP contribution in [0.4, 0.5) is 5.69 Å². The molecule has 0 spiro atoms. The molecule has 7 heteroatoms. The first-order valence-corrected chi connectivity index (χ1v) is 10.9. The quantitative estimate of drug-likeness (QED) is 0.579. The van der Waals surface area contributed by atoms with Crippen molar-refractivity contribution in [3.05, 3.63) is 90.0 Å². The van der Waals surface area contributed by atoms with Crippen LogP contribution in [0.2, 0.25) is 0 Å². The minimum Gasteiger partial charge on any atom is -0.497 e. The third-order valence-electron chi connectivity index (χ3n) is 4.59. The maximum atomic E-state index is 13.0. The Morgan fingerprint density at radius 2 is 1.57 bits per heavy atom. The van der Waals surface area contributed by atoms with Crippen molar-refractivity contribution in [3.63, 3.8) is 0 Å². The van der Waals surface area contributed by atoms with Gasteiger partial charge in [0.25, 0.3) is 0 Å². The fourth-order valence-corrected chi connectivity index (χ4v) is 4.11. The Balaban J connectivity index is 1.83. The molecule has 0 radical (unpaired) electrons. The Bertz CT molecular complexity index is 1080. The summed E-state index contributed by atoms with van der Waals surface area (Å²) in [7, 11) is -2.32. The van der Waals surface area contributed by atoms with Crippen LogP contribution in [0.1, 0.15) is 11.1 Å². The highest BCUT2D eigenvalue weighted by atomic mass is 32.2. The van der Waals surface area contributed by atoms with Crippen molar-refractivity contribution in [2.75, 3.05) is 12.4 Å². The predicted octanol–water partition coefficient (Wildman–Crippen LogP) is 3.53. The van der Waals surface area contributed by atoms with Gasteiger partial charge in [0.05, 0.1) is 12.0 Å². The summed E-state index contributed by atoms with van der Waals surface area (Å²) in [6.45, 7) is 1.88. The average molecular weight is 425 g/mol. The fraction of sp³-hybridized carbons (Fsp3) is 0.174. The van der Waals surface area contributed by atoms with Crippen molar-refractivity contribution in [1.29, 1.82) is 0 Å². The van der Waals surface area contributed by atoms with Crippen LogP contribution in [-0.2, 0) is 21.2 Å². The van der Waals surface area contributed by atoms with Crippen LogP contribution in [0.15, 0.2) is 83.8 Å². The summed E-state index contributed by atoms with van der Waals surface area (Å²) in [5.74, 6) is 0.216. The Labute approximate surface area is 177 Å². The molecule has 30 heavy (non-hydrogen) atoms. The largest absolute Gasteiger partial charge is 0.497 e. The number of anilines is 1. The lowest BCUT2D eigenvalue weighted by atomic mass is 10.1. The molecule has 6 nitrogen and oxygen atoms in total. The van der Waals surface area contributed by atoms with Crippen molar-refractivity contribution >= 4 is 21.6 Å². The highest BCUT2D eigenvalue weighted by Gasteiger charge is 2.26. The number of carbonyl (C=O) groups is 1. The smallest absolute Gasteiger partial charge is 0.242 e. The van der Waals surface area contributed by atoms with Crippen LogP contribution in [0.3, 0.4) is 0 Å². The number of rotatable bonds is 8. The van der Waals surface area contributed by atoms with Crippen LogP contribution >= 0.6 is 0 Å². The number of sulfonamides is 1. The molecule has 0 heterocycles. The second-order valence-electron chi connectivity index (χ2n) is 6.89. The number of hydrogen-bond donors (Lipinski definition) is 2. The summed E-state index contributed by atoms with van der Waals surface area (Å²) >= 11 is 0. The summed E-state index contributed by atoms with van der Waals surface area (Å²) in [6.07, 6.45) is 0.216. The van der Waals surface area contributed by atoms with Gasteiger partial charge in [0.1, 0.15) is 11.8 Å². The lowest BCUT2D eigenvalue weighted by Gasteiger charge is -2.19. The summed E-state index contributed by atoms with van der Waals surface area (Å²) in [5.41, 5.74) is 2.35. The van der Waals surface area contributed by atoms with Crippen LogP contribution in [0.25, 0.3) is 0 Å². The standard InChI is InChI=1S/C23H24N2O4S/c1-17-8-14-21(15-9-17)30(27,28)25-22(16-18-6-4-3-5-7-18)23(26)24-19-10-12-20(29-2)13-11-19/h3-15,22,25H,16H2,1-2H3,(H,24,26)/t22-/m0/s1. The summed E-state index contributed by atoms with van der Waals surface area (Å²) < 4.78 is 33.4. The van der Waals surface area contributed by atoms with Gasteiger partial charge in [-0.15, -0.1) is 0 Å². The zero-order valence-corrected chi connectivity index (χ0v) is 17.6. The monoisotopic (exact) mass is 424 g/mol. The Kier molecular flexibility index (Phi) is 6.87. The molecule has 3 rings (SSSR count). The number of hydrogen-bond acceptors (Lipinski definition) is 4. The fourth-order valence-electron chi connectivity index (χ4n) is 2.91. The van der Waals surface area contributed by atoms with E-state index in [0.29, 0.717) is 11.4 Å². The zero-order valence-electron chi connectivity index (χ0n) is 16.8. The highest BCUT2D eigenvalue weighted by Crippen LogP contribution is 2.17. The van der Waals surface area contributed by atoms with E-state index < -0.39 is 22.0 Å². The van der Waals surface area contributed by atoms with Crippen LogP contribution in [-0.4, -0.2) is 27.5 Å². The van der Waals surface area contributed by atoms with E-state index in [0.717, 1.165) is 11.1 Å². The van der Waals surface area contributed by atoms with Crippen molar-refractivity contribution in [2.45, 2.75) is 24.3 Å². The van der Waals surface area contributed by atoms with Crippen molar-refractivity contribution < 1.29 is 17.9 Å². The van der Waals surface area contributed by atoms with E-state index in [1.54, 1.807) is 43.5 Å². The molecule has 0 fully saturated rings. The number of methoxy groups -OCH3 is 1. The van der Waals surface area contributed by atoms with Crippen molar-refractivity contribution in [3.8, 4) is 5.75 Å². The number of amides is 1. The van der Waals surface area contributed by atoms with Gasteiger partial charge in [-0.05, 0) is 55.3 Å². The predicted molar refractivity (Wildman–Crippen MR) is 117 cm³/mol.